The first-order valence-corrected chi connectivity index (χ1v) is 11.4. The van der Waals surface area contributed by atoms with Crippen LogP contribution < -0.4 is 4.74 Å². The average molecular weight is 473 g/mol. The summed E-state index contributed by atoms with van der Waals surface area (Å²) in [5.41, 5.74) is 2.00. The highest BCUT2D eigenvalue weighted by molar-refractivity contribution is 9.10. The summed E-state index contributed by atoms with van der Waals surface area (Å²) in [5.74, 6) is 0.398. The lowest BCUT2D eigenvalue weighted by Gasteiger charge is -2.18. The van der Waals surface area contributed by atoms with Crippen LogP contribution in [0, 0.1) is 6.92 Å². The molecule has 3 rings (SSSR count). The summed E-state index contributed by atoms with van der Waals surface area (Å²) in [7, 11) is -2.21. The molecule has 0 radical (unpaired) electrons. The van der Waals surface area contributed by atoms with E-state index in [1.54, 1.807) is 79.9 Å². The zero-order valence-electron chi connectivity index (χ0n) is 16.1. The van der Waals surface area contributed by atoms with Gasteiger partial charge >= 0.3 is 0 Å². The molecular weight excluding hydrogens is 452 g/mol. The van der Waals surface area contributed by atoms with Crippen molar-refractivity contribution in [1.82, 2.24) is 0 Å². The van der Waals surface area contributed by atoms with E-state index < -0.39 is 15.1 Å². The third-order valence-electron chi connectivity index (χ3n) is 4.75. The lowest BCUT2D eigenvalue weighted by atomic mass is 10.0. The molecule has 0 aliphatic rings. The molecule has 0 fully saturated rings. The average Bonchev–Trinajstić information content (AvgIpc) is 2.73. The number of ketones is 1. The van der Waals surface area contributed by atoms with Gasteiger partial charge in [0, 0.05) is 16.5 Å². The van der Waals surface area contributed by atoms with Crippen LogP contribution in [-0.4, -0.2) is 21.3 Å². The molecule has 3 aromatic carbocycles. The van der Waals surface area contributed by atoms with E-state index in [2.05, 4.69) is 15.9 Å². The molecular formula is C23H21BrO4S. The molecule has 150 valence electrons. The number of ether oxygens (including phenoxy) is 1. The summed E-state index contributed by atoms with van der Waals surface area (Å²) in [6.07, 6.45) is -0.149. The molecule has 0 saturated heterocycles. The molecule has 0 aromatic heterocycles. The number of sulfone groups is 1. The van der Waals surface area contributed by atoms with Crippen molar-refractivity contribution in [3.63, 3.8) is 0 Å². The van der Waals surface area contributed by atoms with Gasteiger partial charge in [0.05, 0.1) is 17.3 Å². The molecule has 0 aliphatic heterocycles. The Labute approximate surface area is 179 Å². The molecule has 6 heteroatoms. The first-order valence-electron chi connectivity index (χ1n) is 9.04. The number of Topliss-reactive ketones (excluding diaryl/α,β-unsaturated/α-hetero) is 1. The van der Waals surface area contributed by atoms with Gasteiger partial charge in [-0.25, -0.2) is 8.42 Å². The quantitative estimate of drug-likeness (QED) is 0.422. The van der Waals surface area contributed by atoms with Crippen LogP contribution in [0.3, 0.4) is 0 Å². The number of carbonyl (C=O) groups is 1. The molecule has 29 heavy (non-hydrogen) atoms. The number of hydrogen-bond donors (Lipinski definition) is 0. The van der Waals surface area contributed by atoms with Gasteiger partial charge in [0.2, 0.25) is 0 Å². The molecule has 3 aromatic rings. The minimum Gasteiger partial charge on any atom is -0.497 e. The predicted octanol–water partition coefficient (Wildman–Crippen LogP) is 5.55. The van der Waals surface area contributed by atoms with Crippen molar-refractivity contribution in [1.29, 1.82) is 0 Å². The molecule has 0 unspecified atom stereocenters. The summed E-state index contributed by atoms with van der Waals surface area (Å²) in [5, 5.41) is -0.979. The SMILES string of the molecule is COc1ccc(C(=O)C[C@H](c2ccc(Br)cc2)S(=O)(=O)c2ccc(C)cc2)cc1. The number of hydrogen-bond acceptors (Lipinski definition) is 4. The molecule has 4 nitrogen and oxygen atoms in total. The Morgan fingerprint density at radius 3 is 2.07 bits per heavy atom. The number of halogens is 1. The molecule has 0 spiro atoms. The van der Waals surface area contributed by atoms with E-state index in [4.69, 9.17) is 4.74 Å². The van der Waals surface area contributed by atoms with Crippen LogP contribution in [0.5, 0.6) is 5.75 Å². The number of rotatable bonds is 7. The van der Waals surface area contributed by atoms with Crippen molar-refractivity contribution >= 4 is 31.6 Å². The van der Waals surface area contributed by atoms with Gasteiger partial charge in [-0.3, -0.25) is 4.79 Å². The van der Waals surface area contributed by atoms with E-state index in [0.29, 0.717) is 16.9 Å². The number of carbonyl (C=O) groups excluding carboxylic acids is 1. The summed E-state index contributed by atoms with van der Waals surface area (Å²) in [6, 6.07) is 20.4. The lowest BCUT2D eigenvalue weighted by Crippen LogP contribution is -2.18. The highest BCUT2D eigenvalue weighted by atomic mass is 79.9. The maximum Gasteiger partial charge on any atom is 0.185 e. The van der Waals surface area contributed by atoms with E-state index >= 15 is 0 Å². The fourth-order valence-corrected chi connectivity index (χ4v) is 5.03. The van der Waals surface area contributed by atoms with E-state index in [9.17, 15) is 13.2 Å². The Hall–Kier alpha value is -2.44. The minimum absolute atomic E-state index is 0.149. The standard InChI is InChI=1S/C23H21BrO4S/c1-16-3-13-21(14-4-16)29(26,27)23(18-5-9-19(24)10-6-18)15-22(25)17-7-11-20(28-2)12-8-17/h3-14,23H,15H2,1-2H3/t23-/m1/s1. The molecule has 0 aliphatic carbocycles. The fraction of sp³-hybridized carbons (Fsp3) is 0.174. The second kappa shape index (κ2) is 8.93. The smallest absolute Gasteiger partial charge is 0.185 e. The fourth-order valence-electron chi connectivity index (χ4n) is 3.04. The van der Waals surface area contributed by atoms with Crippen LogP contribution in [0.2, 0.25) is 0 Å². The van der Waals surface area contributed by atoms with Gasteiger partial charge in [-0.1, -0.05) is 45.8 Å². The highest BCUT2D eigenvalue weighted by Crippen LogP contribution is 2.34. The predicted molar refractivity (Wildman–Crippen MR) is 117 cm³/mol. The van der Waals surface area contributed by atoms with Gasteiger partial charge in [-0.2, -0.15) is 0 Å². The van der Waals surface area contributed by atoms with Crippen molar-refractivity contribution in [2.75, 3.05) is 7.11 Å². The van der Waals surface area contributed by atoms with Crippen LogP contribution in [0.15, 0.2) is 82.2 Å². The van der Waals surface area contributed by atoms with Gasteiger partial charge < -0.3 is 4.74 Å². The first-order chi connectivity index (χ1) is 13.8. The maximum atomic E-state index is 13.4. The highest BCUT2D eigenvalue weighted by Gasteiger charge is 2.31. The van der Waals surface area contributed by atoms with Crippen LogP contribution in [-0.2, 0) is 9.84 Å². The topological polar surface area (TPSA) is 60.4 Å². The Bertz CT molecular complexity index is 1090. The van der Waals surface area contributed by atoms with Gasteiger partial charge in [-0.15, -0.1) is 0 Å². The van der Waals surface area contributed by atoms with Crippen molar-refractivity contribution in [3.05, 3.63) is 94.0 Å². The Morgan fingerprint density at radius 1 is 0.931 bits per heavy atom. The third-order valence-corrected chi connectivity index (χ3v) is 7.39. The largest absolute Gasteiger partial charge is 0.497 e. The molecule has 0 heterocycles. The van der Waals surface area contributed by atoms with Crippen LogP contribution >= 0.6 is 15.9 Å². The lowest BCUT2D eigenvalue weighted by molar-refractivity contribution is 0.0980. The maximum absolute atomic E-state index is 13.4. The third kappa shape index (κ3) is 4.95. The van der Waals surface area contributed by atoms with E-state index in [1.165, 1.54) is 0 Å². The summed E-state index contributed by atoms with van der Waals surface area (Å²) < 4.78 is 32.8. The molecule has 0 N–H and O–H groups in total. The summed E-state index contributed by atoms with van der Waals surface area (Å²) in [4.78, 5) is 13.1. The zero-order chi connectivity index (χ0) is 21.0. The summed E-state index contributed by atoms with van der Waals surface area (Å²) in [6.45, 7) is 1.90. The van der Waals surface area contributed by atoms with E-state index in [0.717, 1.165) is 10.0 Å². The zero-order valence-corrected chi connectivity index (χ0v) is 18.5. The molecule has 0 saturated carbocycles. The van der Waals surface area contributed by atoms with Crippen LogP contribution in [0.1, 0.15) is 33.2 Å². The first kappa shape index (κ1) is 21.3. The second-order valence-corrected chi connectivity index (χ2v) is 9.80. The van der Waals surface area contributed by atoms with Gasteiger partial charge in [0.1, 0.15) is 5.75 Å². The van der Waals surface area contributed by atoms with Gasteiger partial charge in [-0.05, 0) is 61.0 Å². The number of aryl methyl sites for hydroxylation is 1. The van der Waals surface area contributed by atoms with E-state index in [1.807, 2.05) is 6.92 Å². The van der Waals surface area contributed by atoms with Gasteiger partial charge in [0.25, 0.3) is 0 Å². The monoisotopic (exact) mass is 472 g/mol. The van der Waals surface area contributed by atoms with Crippen molar-refractivity contribution < 1.29 is 17.9 Å². The Balaban J connectivity index is 1.99. The van der Waals surface area contributed by atoms with Crippen LogP contribution in [0.25, 0.3) is 0 Å². The second-order valence-electron chi connectivity index (χ2n) is 6.75. The molecule has 0 amide bonds. The molecule has 0 bridgehead atoms. The van der Waals surface area contributed by atoms with E-state index in [-0.39, 0.29) is 17.1 Å². The van der Waals surface area contributed by atoms with Crippen molar-refractivity contribution in [3.8, 4) is 5.75 Å². The summed E-state index contributed by atoms with van der Waals surface area (Å²) >= 11 is 3.37. The number of benzene rings is 3. The Morgan fingerprint density at radius 2 is 1.52 bits per heavy atom. The molecule has 1 atom stereocenters. The normalized spacial score (nSPS) is 12.4. The Kier molecular flexibility index (Phi) is 6.55. The van der Waals surface area contributed by atoms with Crippen molar-refractivity contribution in [2.24, 2.45) is 0 Å². The van der Waals surface area contributed by atoms with Crippen molar-refractivity contribution in [2.45, 2.75) is 23.5 Å². The van der Waals surface area contributed by atoms with Crippen LogP contribution in [0.4, 0.5) is 0 Å². The number of methoxy groups -OCH3 is 1. The minimum atomic E-state index is -3.76. The van der Waals surface area contributed by atoms with Gasteiger partial charge in [0.15, 0.2) is 15.6 Å².